The zero-order valence-electron chi connectivity index (χ0n) is 14.0. The molecule has 4 aliphatic rings. The van der Waals surface area contributed by atoms with E-state index in [2.05, 4.69) is 19.0 Å². The highest BCUT2D eigenvalue weighted by atomic mass is 16.3. The van der Waals surface area contributed by atoms with E-state index in [1.165, 1.54) is 19.3 Å². The molecule has 3 saturated carbocycles. The van der Waals surface area contributed by atoms with E-state index >= 15 is 0 Å². The van der Waals surface area contributed by atoms with Crippen molar-refractivity contribution in [2.45, 2.75) is 64.8 Å². The van der Waals surface area contributed by atoms with E-state index in [9.17, 15) is 14.5 Å². The molecule has 0 N–H and O–H groups in total. The van der Waals surface area contributed by atoms with E-state index in [1.54, 1.807) is 6.08 Å². The van der Waals surface area contributed by atoms with Crippen LogP contribution in [0.3, 0.4) is 0 Å². The zero-order chi connectivity index (χ0) is 16.4. The molecule has 0 radical (unpaired) electrons. The molecule has 0 aliphatic heterocycles. The van der Waals surface area contributed by atoms with Crippen molar-refractivity contribution in [3.63, 3.8) is 0 Å². The van der Waals surface area contributed by atoms with Crippen molar-refractivity contribution < 1.29 is 9.59 Å². The summed E-state index contributed by atoms with van der Waals surface area (Å²) in [6.07, 6.45) is 8.57. The maximum Gasteiger partial charge on any atom is 0.172 e. The third-order valence-electron chi connectivity index (χ3n) is 7.73. The SMILES string of the molecule is C[C@@]12CCC[C@H]1[C@@H]1C(=O)C(N=O)C3=CC(=O)CC[C@]3(C)[C@H]1CC2. The minimum absolute atomic E-state index is 0.00116. The molecule has 0 saturated heterocycles. The van der Waals surface area contributed by atoms with E-state index in [-0.39, 0.29) is 34.2 Å². The van der Waals surface area contributed by atoms with Gasteiger partial charge in [0.05, 0.1) is 0 Å². The molecule has 0 heterocycles. The lowest BCUT2D eigenvalue weighted by Gasteiger charge is -2.57. The fraction of sp³-hybridized carbons (Fsp3) is 0.789. The summed E-state index contributed by atoms with van der Waals surface area (Å²) in [5.74, 6) is 0.687. The molecule has 4 rings (SSSR count). The van der Waals surface area contributed by atoms with E-state index < -0.39 is 6.04 Å². The highest BCUT2D eigenvalue weighted by Crippen LogP contribution is 2.64. The van der Waals surface area contributed by atoms with E-state index in [4.69, 9.17) is 0 Å². The number of Topliss-reactive ketones (excluding diaryl/α,β-unsaturated/α-hetero) is 1. The molecule has 0 bridgehead atoms. The fourth-order valence-corrected chi connectivity index (χ4v) is 6.41. The summed E-state index contributed by atoms with van der Waals surface area (Å²) in [5.41, 5.74) is 0.776. The molecule has 6 atom stereocenters. The average molecular weight is 315 g/mol. The van der Waals surface area contributed by atoms with Crippen LogP contribution in [-0.2, 0) is 9.59 Å². The van der Waals surface area contributed by atoms with Gasteiger partial charge >= 0.3 is 0 Å². The molecule has 4 heteroatoms. The number of hydrogen-bond acceptors (Lipinski definition) is 4. The topological polar surface area (TPSA) is 63.6 Å². The second-order valence-corrected chi connectivity index (χ2v) is 8.72. The Morgan fingerprint density at radius 1 is 1.09 bits per heavy atom. The molecule has 0 aromatic heterocycles. The summed E-state index contributed by atoms with van der Waals surface area (Å²) in [5, 5.41) is 3.20. The number of hydrogen-bond donors (Lipinski definition) is 0. The number of rotatable bonds is 1. The predicted molar refractivity (Wildman–Crippen MR) is 86.7 cm³/mol. The minimum atomic E-state index is -0.923. The molecule has 23 heavy (non-hydrogen) atoms. The van der Waals surface area contributed by atoms with Crippen LogP contribution in [0.5, 0.6) is 0 Å². The van der Waals surface area contributed by atoms with Gasteiger partial charge in [-0.15, -0.1) is 4.91 Å². The van der Waals surface area contributed by atoms with Gasteiger partial charge < -0.3 is 0 Å². The first kappa shape index (κ1) is 15.2. The first-order valence-electron chi connectivity index (χ1n) is 9.02. The molecule has 4 nitrogen and oxygen atoms in total. The highest BCUT2D eigenvalue weighted by molar-refractivity contribution is 5.98. The van der Waals surface area contributed by atoms with Gasteiger partial charge in [0.15, 0.2) is 17.6 Å². The summed E-state index contributed by atoms with van der Waals surface area (Å²) in [6.45, 7) is 4.50. The van der Waals surface area contributed by atoms with Crippen molar-refractivity contribution in [1.82, 2.24) is 0 Å². The van der Waals surface area contributed by atoms with Crippen LogP contribution in [0.25, 0.3) is 0 Å². The molecule has 4 aliphatic carbocycles. The predicted octanol–water partition coefficient (Wildman–Crippen LogP) is 3.83. The molecule has 0 aromatic carbocycles. The van der Waals surface area contributed by atoms with Crippen molar-refractivity contribution in [2.24, 2.45) is 33.8 Å². The van der Waals surface area contributed by atoms with Crippen LogP contribution in [0.2, 0.25) is 0 Å². The smallest absolute Gasteiger partial charge is 0.172 e. The second-order valence-electron chi connectivity index (χ2n) is 8.72. The number of nitroso groups, excluding NO2 is 1. The zero-order valence-corrected chi connectivity index (χ0v) is 14.0. The average Bonchev–Trinajstić information content (AvgIpc) is 2.91. The Bertz CT molecular complexity index is 624. The Morgan fingerprint density at radius 3 is 2.61 bits per heavy atom. The Morgan fingerprint density at radius 2 is 1.87 bits per heavy atom. The molecular weight excluding hydrogens is 290 g/mol. The van der Waals surface area contributed by atoms with Crippen molar-refractivity contribution >= 4 is 11.6 Å². The first-order valence-corrected chi connectivity index (χ1v) is 9.02. The molecule has 1 unspecified atom stereocenters. The quantitative estimate of drug-likeness (QED) is 0.691. The maximum atomic E-state index is 13.1. The Balaban J connectivity index is 1.83. The third kappa shape index (κ3) is 1.90. The standard InChI is InChI=1S/C19H25NO3/c1-18-7-3-4-12(18)15-13(6-8-18)19(2)9-5-11(21)10-14(19)16(20-23)17(15)22/h10,12-13,15-16H,3-9H2,1-2H3/t12-,13-,15-,16?,18-,19+/m0/s1. The molecule has 0 aromatic rings. The monoisotopic (exact) mass is 315 g/mol. The molecule has 124 valence electrons. The molecule has 3 fully saturated rings. The van der Waals surface area contributed by atoms with Gasteiger partial charge in [0.1, 0.15) is 0 Å². The summed E-state index contributed by atoms with van der Waals surface area (Å²) < 4.78 is 0. The van der Waals surface area contributed by atoms with Crippen LogP contribution >= 0.6 is 0 Å². The van der Waals surface area contributed by atoms with E-state index in [0.29, 0.717) is 12.3 Å². The Hall–Kier alpha value is -1.32. The summed E-state index contributed by atoms with van der Waals surface area (Å²) in [7, 11) is 0. The lowest BCUT2D eigenvalue weighted by molar-refractivity contribution is -0.140. The first-order chi connectivity index (χ1) is 10.9. The second kappa shape index (κ2) is 4.84. The van der Waals surface area contributed by atoms with Gasteiger partial charge in [0, 0.05) is 12.3 Å². The summed E-state index contributed by atoms with van der Waals surface area (Å²) >= 11 is 0. The number of nitrogens with zero attached hydrogens (tertiary/aromatic N) is 1. The Labute approximate surface area is 137 Å². The van der Waals surface area contributed by atoms with Crippen molar-refractivity contribution in [2.75, 3.05) is 0 Å². The van der Waals surface area contributed by atoms with Gasteiger partial charge in [0.2, 0.25) is 0 Å². The third-order valence-corrected chi connectivity index (χ3v) is 7.73. The number of carbonyl (C=O) groups excluding carboxylic acids is 2. The van der Waals surface area contributed by atoms with Crippen LogP contribution in [0.4, 0.5) is 0 Å². The van der Waals surface area contributed by atoms with Crippen LogP contribution in [0.15, 0.2) is 16.8 Å². The Kier molecular flexibility index (Phi) is 3.20. The lowest BCUT2D eigenvalue weighted by Crippen LogP contribution is -2.57. The van der Waals surface area contributed by atoms with Crippen LogP contribution in [0, 0.1) is 33.5 Å². The fourth-order valence-electron chi connectivity index (χ4n) is 6.41. The van der Waals surface area contributed by atoms with Gasteiger partial charge in [-0.2, -0.15) is 0 Å². The van der Waals surface area contributed by atoms with Crippen LogP contribution in [0.1, 0.15) is 58.8 Å². The molecule has 0 amide bonds. The van der Waals surface area contributed by atoms with E-state index in [1.807, 2.05) is 0 Å². The summed E-state index contributed by atoms with van der Waals surface area (Å²) in [6, 6.07) is -0.923. The molecular formula is C19H25NO3. The highest BCUT2D eigenvalue weighted by Gasteiger charge is 2.62. The number of fused-ring (bicyclic) bond motifs is 5. The van der Waals surface area contributed by atoms with Gasteiger partial charge in [-0.05, 0) is 66.4 Å². The van der Waals surface area contributed by atoms with Crippen LogP contribution < -0.4 is 0 Å². The van der Waals surface area contributed by atoms with Crippen molar-refractivity contribution in [1.29, 1.82) is 0 Å². The van der Waals surface area contributed by atoms with Gasteiger partial charge in [0.25, 0.3) is 0 Å². The largest absolute Gasteiger partial charge is 0.296 e. The number of carbonyl (C=O) groups is 2. The lowest BCUT2D eigenvalue weighted by atomic mass is 9.46. The van der Waals surface area contributed by atoms with Crippen molar-refractivity contribution in [3.05, 3.63) is 16.6 Å². The van der Waals surface area contributed by atoms with Crippen LogP contribution in [-0.4, -0.2) is 17.6 Å². The minimum Gasteiger partial charge on any atom is -0.296 e. The van der Waals surface area contributed by atoms with Gasteiger partial charge in [-0.25, -0.2) is 0 Å². The van der Waals surface area contributed by atoms with E-state index in [0.717, 1.165) is 24.8 Å². The van der Waals surface area contributed by atoms with Gasteiger partial charge in [-0.3, -0.25) is 9.59 Å². The normalized spacial score (nSPS) is 49.0. The van der Waals surface area contributed by atoms with Crippen molar-refractivity contribution in [3.8, 4) is 0 Å². The molecule has 0 spiro atoms. The summed E-state index contributed by atoms with van der Waals surface area (Å²) in [4.78, 5) is 36.5. The number of ketones is 2. The van der Waals surface area contributed by atoms with Gasteiger partial charge in [-0.1, -0.05) is 25.4 Å². The maximum absolute atomic E-state index is 13.1.